The third-order valence-corrected chi connectivity index (χ3v) is 5.63. The smallest absolute Gasteiger partial charge is 0.276 e. The number of nitrogens with one attached hydrogen (secondary N) is 2. The quantitative estimate of drug-likeness (QED) is 0.627. The van der Waals surface area contributed by atoms with Gasteiger partial charge in [0.2, 0.25) is 5.91 Å². The highest BCUT2D eigenvalue weighted by Crippen LogP contribution is 2.29. The molecule has 0 fully saturated rings. The molecule has 0 spiro atoms. The van der Waals surface area contributed by atoms with Gasteiger partial charge in [0.15, 0.2) is 0 Å². The maximum Gasteiger partial charge on any atom is 0.276 e. The molecule has 0 unspecified atom stereocenters. The molecule has 2 amide bonds. The highest BCUT2D eigenvalue weighted by Gasteiger charge is 2.21. The number of benzene rings is 2. The number of hydrogen-bond acceptors (Lipinski definition) is 4. The molecule has 0 aliphatic heterocycles. The van der Waals surface area contributed by atoms with Crippen molar-refractivity contribution in [1.29, 1.82) is 0 Å². The normalized spacial score (nSPS) is 15.0. The number of aromatic nitrogens is 2. The molecule has 0 radical (unpaired) electrons. The van der Waals surface area contributed by atoms with Gasteiger partial charge in [-0.15, -0.1) is 0 Å². The molecular weight excluding hydrogens is 404 g/mol. The van der Waals surface area contributed by atoms with Crippen LogP contribution in [0.4, 0.5) is 5.69 Å². The zero-order valence-corrected chi connectivity index (χ0v) is 18.0. The first kappa shape index (κ1) is 21.5. The lowest BCUT2D eigenvalue weighted by atomic mass is 9.88. The Morgan fingerprint density at radius 1 is 1.09 bits per heavy atom. The zero-order chi connectivity index (χ0) is 22.5. The van der Waals surface area contributed by atoms with Crippen molar-refractivity contribution in [2.45, 2.75) is 45.2 Å². The van der Waals surface area contributed by atoms with Gasteiger partial charge in [0.05, 0.1) is 12.6 Å². The topological polar surface area (TPSA) is 93.1 Å². The van der Waals surface area contributed by atoms with Crippen molar-refractivity contribution in [3.8, 4) is 0 Å². The summed E-state index contributed by atoms with van der Waals surface area (Å²) in [6.07, 6.45) is 3.06. The predicted octanol–water partition coefficient (Wildman–Crippen LogP) is 3.39. The summed E-state index contributed by atoms with van der Waals surface area (Å²) in [7, 11) is 0. The Bertz CT molecular complexity index is 1200. The van der Waals surface area contributed by atoms with Crippen LogP contribution in [0.3, 0.4) is 0 Å². The summed E-state index contributed by atoms with van der Waals surface area (Å²) in [5.41, 5.74) is 3.88. The number of carbonyl (C=O) groups excluding carboxylic acids is 2. The van der Waals surface area contributed by atoms with Crippen molar-refractivity contribution in [3.05, 3.63) is 93.4 Å². The van der Waals surface area contributed by atoms with Gasteiger partial charge in [-0.1, -0.05) is 36.4 Å². The number of hydrogen-bond donors (Lipinski definition) is 2. The fourth-order valence-corrected chi connectivity index (χ4v) is 4.03. The van der Waals surface area contributed by atoms with E-state index in [1.54, 1.807) is 6.07 Å². The van der Waals surface area contributed by atoms with E-state index < -0.39 is 5.91 Å². The van der Waals surface area contributed by atoms with Gasteiger partial charge in [-0.2, -0.15) is 5.10 Å². The number of carbonyl (C=O) groups is 2. The van der Waals surface area contributed by atoms with E-state index in [4.69, 9.17) is 0 Å². The van der Waals surface area contributed by atoms with Crippen molar-refractivity contribution in [2.75, 3.05) is 5.32 Å². The molecule has 0 saturated carbocycles. The number of fused-ring (bicyclic) bond motifs is 1. The van der Waals surface area contributed by atoms with Crippen LogP contribution in [0.5, 0.6) is 0 Å². The second-order valence-corrected chi connectivity index (χ2v) is 8.06. The van der Waals surface area contributed by atoms with Crippen molar-refractivity contribution in [3.63, 3.8) is 0 Å². The molecule has 1 heterocycles. The van der Waals surface area contributed by atoms with E-state index in [1.807, 2.05) is 37.3 Å². The Morgan fingerprint density at radius 2 is 1.94 bits per heavy atom. The summed E-state index contributed by atoms with van der Waals surface area (Å²) in [6.45, 7) is 2.04. The third-order valence-electron chi connectivity index (χ3n) is 5.63. The van der Waals surface area contributed by atoms with Crippen molar-refractivity contribution < 1.29 is 9.59 Å². The number of anilines is 1. The second-order valence-electron chi connectivity index (χ2n) is 8.06. The lowest BCUT2D eigenvalue weighted by Crippen LogP contribution is -2.33. The number of amides is 2. The van der Waals surface area contributed by atoms with Crippen LogP contribution in [0.15, 0.2) is 65.5 Å². The van der Waals surface area contributed by atoms with Crippen LogP contribution in [0, 0.1) is 6.92 Å². The van der Waals surface area contributed by atoms with E-state index in [2.05, 4.69) is 27.9 Å². The van der Waals surface area contributed by atoms with E-state index in [-0.39, 0.29) is 36.2 Å². The molecule has 1 aromatic heterocycles. The molecule has 1 atom stereocenters. The van der Waals surface area contributed by atoms with E-state index in [0.29, 0.717) is 5.69 Å². The number of rotatable bonds is 6. The van der Waals surface area contributed by atoms with Crippen molar-refractivity contribution in [1.82, 2.24) is 15.1 Å². The monoisotopic (exact) mass is 430 g/mol. The van der Waals surface area contributed by atoms with Crippen LogP contribution in [-0.4, -0.2) is 21.6 Å². The van der Waals surface area contributed by atoms with Gasteiger partial charge < -0.3 is 10.6 Å². The first-order valence-electron chi connectivity index (χ1n) is 10.8. The Kier molecular flexibility index (Phi) is 6.44. The van der Waals surface area contributed by atoms with E-state index in [1.165, 1.54) is 22.4 Å². The Labute approximate surface area is 186 Å². The van der Waals surface area contributed by atoms with E-state index >= 15 is 0 Å². The fourth-order valence-electron chi connectivity index (χ4n) is 4.03. The van der Waals surface area contributed by atoms with Gasteiger partial charge in [0.25, 0.3) is 11.5 Å². The maximum atomic E-state index is 12.6. The predicted molar refractivity (Wildman–Crippen MR) is 123 cm³/mol. The molecule has 0 bridgehead atoms. The minimum absolute atomic E-state index is 0.0106. The van der Waals surface area contributed by atoms with Gasteiger partial charge >= 0.3 is 0 Å². The molecule has 1 aliphatic carbocycles. The summed E-state index contributed by atoms with van der Waals surface area (Å²) in [5, 5.41) is 10.0. The highest BCUT2D eigenvalue weighted by molar-refractivity contribution is 6.02. The summed E-state index contributed by atoms with van der Waals surface area (Å²) in [5.74, 6) is -0.553. The lowest BCUT2D eigenvalue weighted by molar-refractivity contribution is -0.122. The lowest BCUT2D eigenvalue weighted by Gasteiger charge is -2.26. The number of aryl methyl sites for hydroxylation is 3. The summed E-state index contributed by atoms with van der Waals surface area (Å²) >= 11 is 0. The van der Waals surface area contributed by atoms with Gasteiger partial charge in [-0.05, 0) is 61.1 Å². The van der Waals surface area contributed by atoms with Crippen LogP contribution in [-0.2, 0) is 17.8 Å². The van der Waals surface area contributed by atoms with Crippen LogP contribution >= 0.6 is 0 Å². The molecule has 164 valence electrons. The third kappa shape index (κ3) is 5.11. The van der Waals surface area contributed by atoms with Gasteiger partial charge in [0.1, 0.15) is 5.69 Å². The van der Waals surface area contributed by atoms with Crippen LogP contribution in [0.25, 0.3) is 0 Å². The highest BCUT2D eigenvalue weighted by atomic mass is 16.2. The Morgan fingerprint density at radius 3 is 2.78 bits per heavy atom. The average Bonchev–Trinajstić information content (AvgIpc) is 2.79. The molecular formula is C25H26N4O3. The van der Waals surface area contributed by atoms with E-state index in [0.717, 1.165) is 30.4 Å². The average molecular weight is 431 g/mol. The van der Waals surface area contributed by atoms with Crippen LogP contribution < -0.4 is 16.2 Å². The molecule has 2 aromatic carbocycles. The Balaban J connectivity index is 1.39. The summed E-state index contributed by atoms with van der Waals surface area (Å²) in [4.78, 5) is 37.3. The van der Waals surface area contributed by atoms with Crippen molar-refractivity contribution in [2.24, 2.45) is 0 Å². The molecule has 0 saturated heterocycles. The summed E-state index contributed by atoms with van der Waals surface area (Å²) in [6, 6.07) is 18.3. The van der Waals surface area contributed by atoms with E-state index in [9.17, 15) is 14.4 Å². The second kappa shape index (κ2) is 9.60. The molecule has 7 nitrogen and oxygen atoms in total. The molecule has 32 heavy (non-hydrogen) atoms. The maximum absolute atomic E-state index is 12.6. The van der Waals surface area contributed by atoms with Crippen LogP contribution in [0.2, 0.25) is 0 Å². The molecule has 4 rings (SSSR count). The zero-order valence-electron chi connectivity index (χ0n) is 18.0. The molecule has 2 N–H and O–H groups in total. The first-order chi connectivity index (χ1) is 15.5. The SMILES string of the molecule is Cc1cccc(NC(=O)c2ccc(=O)n(CCC(=O)N[C@@H]3CCCc4ccccc43)n2)c1. The van der Waals surface area contributed by atoms with Gasteiger partial charge in [-0.25, -0.2) is 4.68 Å². The Hall–Kier alpha value is -3.74. The van der Waals surface area contributed by atoms with Crippen molar-refractivity contribution >= 4 is 17.5 Å². The minimum atomic E-state index is -0.410. The molecule has 7 heteroatoms. The number of nitrogens with zero attached hydrogens (tertiary/aromatic N) is 2. The molecule has 1 aliphatic rings. The standard InChI is InChI=1S/C25H26N4O3/c1-17-6-4-9-19(16-17)26-25(32)22-12-13-24(31)29(28-22)15-14-23(30)27-21-11-5-8-18-7-2-3-10-20(18)21/h2-4,6-7,9-10,12-13,16,21H,5,8,11,14-15H2,1H3,(H,26,32)(H,27,30)/t21-/m1/s1. The summed E-state index contributed by atoms with van der Waals surface area (Å²) < 4.78 is 1.17. The first-order valence-corrected chi connectivity index (χ1v) is 10.8. The van der Waals surface area contributed by atoms with Gasteiger partial charge in [-0.3, -0.25) is 14.4 Å². The van der Waals surface area contributed by atoms with Crippen LogP contribution in [0.1, 0.15) is 52.5 Å². The van der Waals surface area contributed by atoms with Gasteiger partial charge in [0, 0.05) is 18.2 Å². The fraction of sp³-hybridized carbons (Fsp3) is 0.280. The molecule has 3 aromatic rings. The largest absolute Gasteiger partial charge is 0.349 e. The minimum Gasteiger partial charge on any atom is -0.349 e.